The molecule has 7 nitrogen and oxygen atoms in total. The Hall–Kier alpha value is -3.97. The highest BCUT2D eigenvalue weighted by atomic mass is 16.5. The van der Waals surface area contributed by atoms with Crippen molar-refractivity contribution in [1.82, 2.24) is 14.8 Å². The minimum atomic E-state index is -0.254. The standard InChI is InChI=1S/C36H44N4O3/c1-4-5-20-42-21-19-39-24-29(22-38-39)25-40(30-17-18-34(27(2)3)37-23-30)36(41)33-15-9-14-32-31(33)13-10-16-35(32)43-26-28-11-7-6-8-12-28/h6-8,10-13,16-18,22-24,27,33H,4-5,9,14-15,19-21,25-26H2,1-3H3. The molecule has 2 aromatic heterocycles. The van der Waals surface area contributed by atoms with E-state index in [0.717, 1.165) is 78.1 Å². The predicted molar refractivity (Wildman–Crippen MR) is 170 cm³/mol. The number of benzene rings is 2. The summed E-state index contributed by atoms with van der Waals surface area (Å²) in [5.74, 6) is 1.01. The van der Waals surface area contributed by atoms with Gasteiger partial charge in [-0.25, -0.2) is 0 Å². The van der Waals surface area contributed by atoms with Crippen molar-refractivity contribution >= 4 is 11.6 Å². The number of carbonyl (C=O) groups excluding carboxylic acids is 1. The number of hydrogen-bond donors (Lipinski definition) is 0. The zero-order valence-electron chi connectivity index (χ0n) is 25.7. The summed E-state index contributed by atoms with van der Waals surface area (Å²) in [6.45, 7) is 9.42. The lowest BCUT2D eigenvalue weighted by Crippen LogP contribution is -2.36. The Balaban J connectivity index is 1.37. The summed E-state index contributed by atoms with van der Waals surface area (Å²) in [6.07, 6.45) is 10.5. The maximum absolute atomic E-state index is 14.5. The molecule has 1 aliphatic rings. The first-order chi connectivity index (χ1) is 21.0. The average molecular weight is 581 g/mol. The van der Waals surface area contributed by atoms with Gasteiger partial charge in [-0.3, -0.25) is 14.5 Å². The minimum absolute atomic E-state index is 0.0795. The van der Waals surface area contributed by atoms with Crippen LogP contribution in [0.15, 0.2) is 79.3 Å². The Labute approximate surface area is 255 Å². The summed E-state index contributed by atoms with van der Waals surface area (Å²) >= 11 is 0. The molecule has 5 rings (SSSR count). The number of rotatable bonds is 14. The number of ether oxygens (including phenoxy) is 2. The van der Waals surface area contributed by atoms with Crippen LogP contribution in [0.1, 0.15) is 86.2 Å². The number of hydrogen-bond acceptors (Lipinski definition) is 5. The monoisotopic (exact) mass is 580 g/mol. The second kappa shape index (κ2) is 15.0. The molecular weight excluding hydrogens is 536 g/mol. The van der Waals surface area contributed by atoms with E-state index in [4.69, 9.17) is 14.5 Å². The number of pyridine rings is 1. The van der Waals surface area contributed by atoms with E-state index >= 15 is 0 Å². The zero-order chi connectivity index (χ0) is 30.0. The van der Waals surface area contributed by atoms with Crippen molar-refractivity contribution in [2.45, 2.75) is 84.4 Å². The second-order valence-corrected chi connectivity index (χ2v) is 11.6. The molecule has 2 heterocycles. The van der Waals surface area contributed by atoms with Crippen molar-refractivity contribution in [3.8, 4) is 5.75 Å². The van der Waals surface area contributed by atoms with Gasteiger partial charge in [0, 0.05) is 24.1 Å². The first-order valence-corrected chi connectivity index (χ1v) is 15.7. The van der Waals surface area contributed by atoms with Crippen LogP contribution in [0.2, 0.25) is 0 Å². The van der Waals surface area contributed by atoms with Gasteiger partial charge >= 0.3 is 0 Å². The summed E-state index contributed by atoms with van der Waals surface area (Å²) in [4.78, 5) is 21.0. The summed E-state index contributed by atoms with van der Waals surface area (Å²) < 4.78 is 13.9. The maximum Gasteiger partial charge on any atom is 0.234 e. The lowest BCUT2D eigenvalue weighted by molar-refractivity contribution is -0.120. The van der Waals surface area contributed by atoms with Crippen LogP contribution in [0.3, 0.4) is 0 Å². The molecule has 4 aromatic rings. The molecule has 0 saturated heterocycles. The Morgan fingerprint density at radius 2 is 1.88 bits per heavy atom. The Kier molecular flexibility index (Phi) is 10.6. The first kappa shape index (κ1) is 30.5. The Bertz CT molecular complexity index is 1450. The highest BCUT2D eigenvalue weighted by Gasteiger charge is 2.32. The number of anilines is 1. The fourth-order valence-corrected chi connectivity index (χ4v) is 5.62. The van der Waals surface area contributed by atoms with Crippen LogP contribution in [0.5, 0.6) is 5.75 Å². The van der Waals surface area contributed by atoms with E-state index in [-0.39, 0.29) is 11.8 Å². The minimum Gasteiger partial charge on any atom is -0.489 e. The molecule has 0 N–H and O–H groups in total. The molecule has 0 fully saturated rings. The lowest BCUT2D eigenvalue weighted by Gasteiger charge is -2.31. The normalized spacial score (nSPS) is 14.5. The summed E-state index contributed by atoms with van der Waals surface area (Å²) in [6, 6.07) is 20.4. The van der Waals surface area contributed by atoms with Crippen molar-refractivity contribution in [3.05, 3.63) is 107 Å². The highest BCUT2D eigenvalue weighted by Crippen LogP contribution is 2.39. The van der Waals surface area contributed by atoms with Crippen molar-refractivity contribution < 1.29 is 14.3 Å². The molecule has 0 saturated carbocycles. The summed E-state index contributed by atoms with van der Waals surface area (Å²) in [5, 5.41) is 4.55. The molecule has 0 bridgehead atoms. The largest absolute Gasteiger partial charge is 0.489 e. The van der Waals surface area contributed by atoms with Crippen LogP contribution in [-0.4, -0.2) is 33.9 Å². The van der Waals surface area contributed by atoms with E-state index < -0.39 is 0 Å². The van der Waals surface area contributed by atoms with Gasteiger partial charge in [0.1, 0.15) is 12.4 Å². The number of aromatic nitrogens is 3. The fraction of sp³-hybridized carbons (Fsp3) is 0.417. The molecule has 43 heavy (non-hydrogen) atoms. The fourth-order valence-electron chi connectivity index (χ4n) is 5.62. The van der Waals surface area contributed by atoms with Crippen LogP contribution in [0.25, 0.3) is 0 Å². The summed E-state index contributed by atoms with van der Waals surface area (Å²) in [7, 11) is 0. The smallest absolute Gasteiger partial charge is 0.234 e. The molecule has 7 heteroatoms. The van der Waals surface area contributed by atoms with Gasteiger partial charge in [0.15, 0.2) is 0 Å². The molecular formula is C36H44N4O3. The molecule has 2 aromatic carbocycles. The van der Waals surface area contributed by atoms with Crippen LogP contribution in [0, 0.1) is 0 Å². The topological polar surface area (TPSA) is 69.5 Å². The van der Waals surface area contributed by atoms with Crippen LogP contribution in [-0.2, 0) is 35.6 Å². The van der Waals surface area contributed by atoms with E-state index in [1.54, 1.807) is 0 Å². The van der Waals surface area contributed by atoms with Crippen molar-refractivity contribution in [2.24, 2.45) is 0 Å². The summed E-state index contributed by atoms with van der Waals surface area (Å²) in [5.41, 5.74) is 6.13. The number of amides is 1. The van der Waals surface area contributed by atoms with Crippen LogP contribution < -0.4 is 9.64 Å². The molecule has 1 atom stereocenters. The molecule has 0 radical (unpaired) electrons. The third kappa shape index (κ3) is 7.90. The maximum atomic E-state index is 14.5. The molecule has 1 aliphatic carbocycles. The quantitative estimate of drug-likeness (QED) is 0.145. The number of carbonyl (C=O) groups is 1. The SMILES string of the molecule is CCCCOCCn1cc(CN(C(=O)C2CCCc3c(OCc4ccccc4)cccc32)c2ccc(C(C)C)nc2)cn1. The van der Waals surface area contributed by atoms with Crippen LogP contribution in [0.4, 0.5) is 5.69 Å². The van der Waals surface area contributed by atoms with Gasteiger partial charge in [-0.2, -0.15) is 5.10 Å². The van der Waals surface area contributed by atoms with Gasteiger partial charge < -0.3 is 14.4 Å². The van der Waals surface area contributed by atoms with Gasteiger partial charge in [-0.15, -0.1) is 0 Å². The molecule has 226 valence electrons. The van der Waals surface area contributed by atoms with Gasteiger partial charge in [-0.1, -0.05) is 69.7 Å². The molecule has 1 unspecified atom stereocenters. The Morgan fingerprint density at radius 3 is 2.65 bits per heavy atom. The van der Waals surface area contributed by atoms with Crippen molar-refractivity contribution in [3.63, 3.8) is 0 Å². The van der Waals surface area contributed by atoms with E-state index in [9.17, 15) is 4.79 Å². The van der Waals surface area contributed by atoms with Crippen molar-refractivity contribution in [1.29, 1.82) is 0 Å². The zero-order valence-corrected chi connectivity index (χ0v) is 25.7. The number of unbranched alkanes of at least 4 members (excludes halogenated alkanes) is 1. The van der Waals surface area contributed by atoms with Crippen molar-refractivity contribution in [2.75, 3.05) is 18.1 Å². The van der Waals surface area contributed by atoms with E-state index in [2.05, 4.69) is 44.1 Å². The van der Waals surface area contributed by atoms with Gasteiger partial charge in [0.25, 0.3) is 0 Å². The third-order valence-corrected chi connectivity index (χ3v) is 8.07. The van der Waals surface area contributed by atoms with Crippen LogP contribution >= 0.6 is 0 Å². The average Bonchev–Trinajstić information content (AvgIpc) is 3.49. The molecule has 1 amide bonds. The number of nitrogens with zero attached hydrogens (tertiary/aromatic N) is 4. The Morgan fingerprint density at radius 1 is 1.02 bits per heavy atom. The lowest BCUT2D eigenvalue weighted by atomic mass is 9.81. The predicted octanol–water partition coefficient (Wildman–Crippen LogP) is 7.45. The van der Waals surface area contributed by atoms with Gasteiger partial charge in [0.05, 0.1) is 43.7 Å². The highest BCUT2D eigenvalue weighted by molar-refractivity contribution is 5.98. The third-order valence-electron chi connectivity index (χ3n) is 8.07. The van der Waals surface area contributed by atoms with E-state index in [1.807, 2.05) is 70.6 Å². The molecule has 0 aliphatic heterocycles. The first-order valence-electron chi connectivity index (χ1n) is 15.7. The van der Waals surface area contributed by atoms with Gasteiger partial charge in [-0.05, 0) is 66.5 Å². The van der Waals surface area contributed by atoms with E-state index in [0.29, 0.717) is 32.2 Å². The number of fused-ring (bicyclic) bond motifs is 1. The second-order valence-electron chi connectivity index (χ2n) is 11.6. The van der Waals surface area contributed by atoms with E-state index in [1.165, 1.54) is 0 Å². The molecule has 0 spiro atoms. The van der Waals surface area contributed by atoms with Gasteiger partial charge in [0.2, 0.25) is 5.91 Å².